The van der Waals surface area contributed by atoms with Crippen molar-refractivity contribution >= 4 is 23.0 Å². The van der Waals surface area contributed by atoms with Gasteiger partial charge in [0, 0.05) is 58.5 Å². The number of nitro groups is 1. The van der Waals surface area contributed by atoms with Gasteiger partial charge in [-0.3, -0.25) is 19.7 Å². The van der Waals surface area contributed by atoms with Crippen molar-refractivity contribution in [2.75, 3.05) is 0 Å². The molecule has 3 aliphatic carbocycles. The van der Waals surface area contributed by atoms with Crippen LogP contribution in [0, 0.1) is 15.5 Å². The summed E-state index contributed by atoms with van der Waals surface area (Å²) in [6, 6.07) is 14.3. The Hall–Kier alpha value is -3.54. The molecule has 4 aliphatic rings. The van der Waals surface area contributed by atoms with Gasteiger partial charge in [-0.2, -0.15) is 0 Å². The molecule has 33 heavy (non-hydrogen) atoms. The number of benzene rings is 2. The van der Waals surface area contributed by atoms with E-state index < -0.39 is 10.8 Å². The second kappa shape index (κ2) is 6.73. The van der Waals surface area contributed by atoms with Crippen LogP contribution in [0.5, 0.6) is 0 Å². The van der Waals surface area contributed by atoms with Crippen molar-refractivity contribution in [2.24, 2.45) is 5.41 Å². The minimum absolute atomic E-state index is 0.00490. The number of hydrogen-bond acceptors (Lipinski definition) is 5. The van der Waals surface area contributed by atoms with Gasteiger partial charge in [0.05, 0.1) is 10.6 Å². The fraction of sp³-hybridized carbons (Fsp3) is 0.333. The minimum atomic E-state index is -0.505. The largest absolute Gasteiger partial charge is 0.341 e. The second-order valence-electron chi connectivity index (χ2n) is 10.3. The zero-order valence-corrected chi connectivity index (χ0v) is 18.6. The number of nitro benzene ring substituents is 1. The van der Waals surface area contributed by atoms with E-state index in [1.165, 1.54) is 12.1 Å². The Kier molecular flexibility index (Phi) is 4.10. The smallest absolute Gasteiger partial charge is 0.269 e. The standard InChI is InChI=1S/C27H24N2O4/c1-27(2)13-20-23(21(30)14-27)22(15-7-9-17(10-8-15)29(32)33)24-25(28(20)16-11-12-16)18-5-3-4-6-19(18)26(24)31/h3-10,16,22H,11-14H2,1-2H3. The maximum atomic E-state index is 13.8. The summed E-state index contributed by atoms with van der Waals surface area (Å²) in [5.74, 6) is -0.473. The monoisotopic (exact) mass is 440 g/mol. The number of hydrogen-bond donors (Lipinski definition) is 0. The van der Waals surface area contributed by atoms with Gasteiger partial charge in [-0.15, -0.1) is 0 Å². The average Bonchev–Trinajstić information content (AvgIpc) is 3.57. The Bertz CT molecular complexity index is 1310. The Morgan fingerprint density at radius 3 is 2.24 bits per heavy atom. The molecule has 6 nitrogen and oxygen atoms in total. The Labute approximate surface area is 191 Å². The number of fused-ring (bicyclic) bond motifs is 2. The first-order valence-electron chi connectivity index (χ1n) is 11.4. The lowest BCUT2D eigenvalue weighted by Crippen LogP contribution is -2.40. The first-order chi connectivity index (χ1) is 15.8. The number of carbonyl (C=O) groups is 2. The second-order valence-corrected chi connectivity index (χ2v) is 10.3. The van der Waals surface area contributed by atoms with Crippen molar-refractivity contribution < 1.29 is 14.5 Å². The van der Waals surface area contributed by atoms with Gasteiger partial charge in [0.25, 0.3) is 5.69 Å². The van der Waals surface area contributed by atoms with Crippen LogP contribution in [0.3, 0.4) is 0 Å². The van der Waals surface area contributed by atoms with E-state index in [0.29, 0.717) is 29.2 Å². The highest BCUT2D eigenvalue weighted by atomic mass is 16.6. The molecular formula is C27H24N2O4. The molecule has 2 aromatic carbocycles. The minimum Gasteiger partial charge on any atom is -0.341 e. The highest BCUT2D eigenvalue weighted by Crippen LogP contribution is 2.57. The van der Waals surface area contributed by atoms with Gasteiger partial charge in [0.15, 0.2) is 11.6 Å². The van der Waals surface area contributed by atoms with E-state index in [2.05, 4.69) is 18.7 Å². The first kappa shape index (κ1) is 20.1. The van der Waals surface area contributed by atoms with E-state index in [9.17, 15) is 19.7 Å². The van der Waals surface area contributed by atoms with Gasteiger partial charge in [-0.05, 0) is 30.2 Å². The number of ketones is 2. The topological polar surface area (TPSA) is 80.5 Å². The number of carbonyl (C=O) groups excluding carboxylic acids is 2. The number of nitrogens with zero attached hydrogens (tertiary/aromatic N) is 2. The summed E-state index contributed by atoms with van der Waals surface area (Å²) in [5.41, 5.74) is 5.50. The predicted octanol–water partition coefficient (Wildman–Crippen LogP) is 5.41. The molecule has 0 N–H and O–H groups in total. The van der Waals surface area contributed by atoms with Gasteiger partial charge >= 0.3 is 0 Å². The highest BCUT2D eigenvalue weighted by Gasteiger charge is 2.51. The van der Waals surface area contributed by atoms with E-state index >= 15 is 0 Å². The average molecular weight is 440 g/mol. The third-order valence-corrected chi connectivity index (χ3v) is 7.28. The third-order valence-electron chi connectivity index (χ3n) is 7.28. The number of non-ortho nitro benzene ring substituents is 1. The quantitative estimate of drug-likeness (QED) is 0.471. The summed E-state index contributed by atoms with van der Waals surface area (Å²) < 4.78 is 0. The molecular weight excluding hydrogens is 416 g/mol. The fourth-order valence-electron chi connectivity index (χ4n) is 5.79. The SMILES string of the molecule is CC1(C)CC(=O)C2=C(C1)N(C1CC1)C1=C(C(=O)c3ccccc31)C2c1ccc([N+](=O)[O-])cc1. The molecule has 6 heteroatoms. The van der Waals surface area contributed by atoms with Crippen LogP contribution in [-0.2, 0) is 4.79 Å². The molecule has 1 atom stereocenters. The van der Waals surface area contributed by atoms with Crippen molar-refractivity contribution in [3.05, 3.63) is 92.2 Å². The molecule has 6 rings (SSSR count). The predicted molar refractivity (Wildman–Crippen MR) is 123 cm³/mol. The van der Waals surface area contributed by atoms with Gasteiger partial charge in [-0.1, -0.05) is 50.2 Å². The van der Waals surface area contributed by atoms with Crippen LogP contribution in [0.2, 0.25) is 0 Å². The number of allylic oxidation sites excluding steroid dienone is 3. The van der Waals surface area contributed by atoms with Crippen LogP contribution in [0.25, 0.3) is 5.70 Å². The van der Waals surface area contributed by atoms with Crippen LogP contribution in [0.1, 0.15) is 66.9 Å². The summed E-state index contributed by atoms with van der Waals surface area (Å²) in [6.07, 6.45) is 3.28. The fourth-order valence-corrected chi connectivity index (χ4v) is 5.79. The lowest BCUT2D eigenvalue weighted by Gasteiger charge is -2.45. The van der Waals surface area contributed by atoms with Gasteiger partial charge in [-0.25, -0.2) is 0 Å². The molecule has 0 amide bonds. The van der Waals surface area contributed by atoms with E-state index in [1.807, 2.05) is 24.3 Å². The zero-order valence-electron chi connectivity index (χ0n) is 18.6. The van der Waals surface area contributed by atoms with Gasteiger partial charge in [0.1, 0.15) is 0 Å². The molecule has 166 valence electrons. The first-order valence-corrected chi connectivity index (χ1v) is 11.4. The normalized spacial score (nSPS) is 23.5. The molecule has 0 spiro atoms. The van der Waals surface area contributed by atoms with Crippen LogP contribution >= 0.6 is 0 Å². The molecule has 1 aliphatic heterocycles. The lowest BCUT2D eigenvalue weighted by atomic mass is 9.68. The number of rotatable bonds is 3. The lowest BCUT2D eigenvalue weighted by molar-refractivity contribution is -0.384. The van der Waals surface area contributed by atoms with Crippen LogP contribution in [-0.4, -0.2) is 27.4 Å². The highest BCUT2D eigenvalue weighted by molar-refractivity contribution is 6.23. The summed E-state index contributed by atoms with van der Waals surface area (Å²) in [7, 11) is 0. The van der Waals surface area contributed by atoms with E-state index in [1.54, 1.807) is 12.1 Å². The summed E-state index contributed by atoms with van der Waals surface area (Å²) in [4.78, 5) is 40.5. The third kappa shape index (κ3) is 2.93. The number of Topliss-reactive ketones (excluding diaryl/α,β-unsaturated/α-hetero) is 2. The van der Waals surface area contributed by atoms with Crippen molar-refractivity contribution in [2.45, 2.75) is 51.5 Å². The van der Waals surface area contributed by atoms with Gasteiger partial charge < -0.3 is 4.90 Å². The molecule has 1 unspecified atom stereocenters. The molecule has 1 heterocycles. The molecule has 0 saturated heterocycles. The van der Waals surface area contributed by atoms with E-state index in [-0.39, 0.29) is 22.7 Å². The van der Waals surface area contributed by atoms with E-state index in [4.69, 9.17) is 0 Å². The van der Waals surface area contributed by atoms with Crippen molar-refractivity contribution in [1.29, 1.82) is 0 Å². The van der Waals surface area contributed by atoms with Crippen molar-refractivity contribution in [3.63, 3.8) is 0 Å². The van der Waals surface area contributed by atoms with Crippen LogP contribution < -0.4 is 0 Å². The maximum Gasteiger partial charge on any atom is 0.269 e. The molecule has 0 radical (unpaired) electrons. The zero-order chi connectivity index (χ0) is 23.1. The molecule has 1 fully saturated rings. The van der Waals surface area contributed by atoms with Gasteiger partial charge in [0.2, 0.25) is 0 Å². The summed E-state index contributed by atoms with van der Waals surface area (Å²) in [5, 5.41) is 11.2. The van der Waals surface area contributed by atoms with Crippen LogP contribution in [0.15, 0.2) is 65.4 Å². The molecule has 0 bridgehead atoms. The van der Waals surface area contributed by atoms with Crippen LogP contribution in [0.4, 0.5) is 5.69 Å². The molecule has 0 aromatic heterocycles. The summed E-state index contributed by atoms with van der Waals surface area (Å²) >= 11 is 0. The Morgan fingerprint density at radius 1 is 0.939 bits per heavy atom. The Morgan fingerprint density at radius 2 is 1.61 bits per heavy atom. The van der Waals surface area contributed by atoms with Crippen molar-refractivity contribution in [3.8, 4) is 0 Å². The Balaban J connectivity index is 1.62. The molecule has 1 saturated carbocycles. The molecule has 2 aromatic rings. The van der Waals surface area contributed by atoms with E-state index in [0.717, 1.165) is 41.8 Å². The summed E-state index contributed by atoms with van der Waals surface area (Å²) in [6.45, 7) is 4.25. The maximum absolute atomic E-state index is 13.8. The van der Waals surface area contributed by atoms with Crippen molar-refractivity contribution in [1.82, 2.24) is 4.90 Å².